The number of carbonyl (C=O) groups excluding carboxylic acids is 1. The van der Waals surface area contributed by atoms with Crippen molar-refractivity contribution in [3.63, 3.8) is 0 Å². The number of nitrogens with one attached hydrogen (secondary N) is 2. The van der Waals surface area contributed by atoms with Crippen LogP contribution in [0.2, 0.25) is 0 Å². The van der Waals surface area contributed by atoms with Gasteiger partial charge in [0.2, 0.25) is 0 Å². The van der Waals surface area contributed by atoms with Gasteiger partial charge in [0.25, 0.3) is 0 Å². The van der Waals surface area contributed by atoms with Crippen LogP contribution in [0.3, 0.4) is 0 Å². The third-order valence-electron chi connectivity index (χ3n) is 3.52. The van der Waals surface area contributed by atoms with Gasteiger partial charge in [0, 0.05) is 5.39 Å². The van der Waals surface area contributed by atoms with E-state index in [-0.39, 0.29) is 12.1 Å². The molecule has 0 aliphatic heterocycles. The second-order valence-corrected chi connectivity index (χ2v) is 5.08. The zero-order valence-corrected chi connectivity index (χ0v) is 12.2. The van der Waals surface area contributed by atoms with Crippen molar-refractivity contribution in [3.8, 4) is 0 Å². The maximum absolute atomic E-state index is 12.0. The SMILES string of the molecule is C[C@H](NC(=O)NCc1noc2ccccc12)c1ccccc1. The van der Waals surface area contributed by atoms with E-state index in [9.17, 15) is 4.79 Å². The van der Waals surface area contributed by atoms with Crippen molar-refractivity contribution >= 4 is 17.0 Å². The Bertz CT molecular complexity index is 768. The molecule has 0 aliphatic rings. The Morgan fingerprint density at radius 2 is 1.86 bits per heavy atom. The molecule has 0 saturated carbocycles. The second-order valence-electron chi connectivity index (χ2n) is 5.08. The minimum Gasteiger partial charge on any atom is -0.356 e. The van der Waals surface area contributed by atoms with Gasteiger partial charge in [-0.3, -0.25) is 0 Å². The zero-order valence-electron chi connectivity index (χ0n) is 12.2. The van der Waals surface area contributed by atoms with Crippen LogP contribution >= 0.6 is 0 Å². The molecule has 0 aliphatic carbocycles. The minimum absolute atomic E-state index is 0.0600. The molecule has 2 amide bonds. The minimum atomic E-state index is -0.233. The molecule has 0 radical (unpaired) electrons. The van der Waals surface area contributed by atoms with Crippen LogP contribution in [-0.2, 0) is 6.54 Å². The number of carbonyl (C=O) groups is 1. The number of rotatable bonds is 4. The first-order valence-electron chi connectivity index (χ1n) is 7.16. The van der Waals surface area contributed by atoms with E-state index in [1.54, 1.807) is 0 Å². The van der Waals surface area contributed by atoms with Crippen molar-refractivity contribution in [1.29, 1.82) is 0 Å². The first-order valence-corrected chi connectivity index (χ1v) is 7.16. The lowest BCUT2D eigenvalue weighted by atomic mass is 10.1. The number of nitrogens with zero attached hydrogens (tertiary/aromatic N) is 1. The summed E-state index contributed by atoms with van der Waals surface area (Å²) >= 11 is 0. The molecule has 1 atom stereocenters. The van der Waals surface area contributed by atoms with Gasteiger partial charge in [-0.25, -0.2) is 4.79 Å². The third-order valence-corrected chi connectivity index (χ3v) is 3.52. The molecule has 5 heteroatoms. The number of hydrogen-bond acceptors (Lipinski definition) is 3. The topological polar surface area (TPSA) is 67.2 Å². The maximum Gasteiger partial charge on any atom is 0.315 e. The lowest BCUT2D eigenvalue weighted by Gasteiger charge is -2.14. The maximum atomic E-state index is 12.0. The number of fused-ring (bicyclic) bond motifs is 1. The smallest absolute Gasteiger partial charge is 0.315 e. The summed E-state index contributed by atoms with van der Waals surface area (Å²) in [5.74, 6) is 0. The van der Waals surface area contributed by atoms with E-state index >= 15 is 0 Å². The largest absolute Gasteiger partial charge is 0.356 e. The molecule has 1 aromatic heterocycles. The van der Waals surface area contributed by atoms with Gasteiger partial charge in [-0.05, 0) is 24.6 Å². The van der Waals surface area contributed by atoms with Gasteiger partial charge >= 0.3 is 6.03 Å². The molecule has 3 aromatic rings. The van der Waals surface area contributed by atoms with Crippen LogP contribution in [-0.4, -0.2) is 11.2 Å². The van der Waals surface area contributed by atoms with Crippen LogP contribution in [0.5, 0.6) is 0 Å². The highest BCUT2D eigenvalue weighted by Crippen LogP contribution is 2.17. The van der Waals surface area contributed by atoms with Crippen LogP contribution in [0.4, 0.5) is 4.79 Å². The second kappa shape index (κ2) is 6.30. The molecular weight excluding hydrogens is 278 g/mol. The first kappa shape index (κ1) is 14.1. The van der Waals surface area contributed by atoms with Crippen molar-refractivity contribution in [2.45, 2.75) is 19.5 Å². The molecule has 0 saturated heterocycles. The molecule has 5 nitrogen and oxygen atoms in total. The predicted octanol–water partition coefficient (Wildman–Crippen LogP) is 3.39. The number of para-hydroxylation sites is 1. The van der Waals surface area contributed by atoms with Crippen molar-refractivity contribution in [2.75, 3.05) is 0 Å². The predicted molar refractivity (Wildman–Crippen MR) is 84.2 cm³/mol. The standard InChI is InChI=1S/C17H17N3O2/c1-12(13-7-3-2-4-8-13)19-17(21)18-11-15-14-9-5-6-10-16(14)22-20-15/h2-10,12H,11H2,1H3,(H2,18,19,21)/t12-/m0/s1. The number of amides is 2. The van der Waals surface area contributed by atoms with Crippen molar-refractivity contribution < 1.29 is 9.32 Å². The average molecular weight is 295 g/mol. The van der Waals surface area contributed by atoms with Crippen LogP contribution in [0.15, 0.2) is 59.1 Å². The highest BCUT2D eigenvalue weighted by Gasteiger charge is 2.11. The van der Waals surface area contributed by atoms with E-state index in [4.69, 9.17) is 4.52 Å². The molecule has 0 fully saturated rings. The van der Waals surface area contributed by atoms with Gasteiger partial charge in [-0.2, -0.15) is 0 Å². The Labute approximate surface area is 128 Å². The van der Waals surface area contributed by atoms with Gasteiger partial charge in [-0.15, -0.1) is 0 Å². The third kappa shape index (κ3) is 3.09. The number of urea groups is 1. The van der Waals surface area contributed by atoms with E-state index in [2.05, 4.69) is 15.8 Å². The van der Waals surface area contributed by atoms with Crippen molar-refractivity contribution in [1.82, 2.24) is 15.8 Å². The highest BCUT2D eigenvalue weighted by atomic mass is 16.5. The van der Waals surface area contributed by atoms with Crippen LogP contribution in [0, 0.1) is 0 Å². The lowest BCUT2D eigenvalue weighted by Crippen LogP contribution is -2.36. The van der Waals surface area contributed by atoms with Crippen molar-refractivity contribution in [2.24, 2.45) is 0 Å². The molecule has 0 unspecified atom stereocenters. The quantitative estimate of drug-likeness (QED) is 0.775. The number of hydrogen-bond donors (Lipinski definition) is 2. The van der Waals surface area contributed by atoms with E-state index < -0.39 is 0 Å². The molecule has 1 heterocycles. The number of benzene rings is 2. The summed E-state index contributed by atoms with van der Waals surface area (Å²) in [4.78, 5) is 12.0. The Morgan fingerprint density at radius 3 is 2.68 bits per heavy atom. The average Bonchev–Trinajstić information content (AvgIpc) is 2.97. The Balaban J connectivity index is 1.58. The van der Waals surface area contributed by atoms with Crippen molar-refractivity contribution in [3.05, 3.63) is 65.9 Å². The molecule has 112 valence electrons. The molecule has 0 spiro atoms. The summed E-state index contributed by atoms with van der Waals surface area (Å²) in [7, 11) is 0. The summed E-state index contributed by atoms with van der Waals surface area (Å²) < 4.78 is 5.21. The molecule has 3 rings (SSSR count). The molecule has 2 N–H and O–H groups in total. The summed E-state index contributed by atoms with van der Waals surface area (Å²) in [5.41, 5.74) is 2.50. The van der Waals surface area contributed by atoms with Gasteiger partial charge in [0.1, 0.15) is 5.69 Å². The molecule has 22 heavy (non-hydrogen) atoms. The van der Waals surface area contributed by atoms with Gasteiger partial charge in [0.05, 0.1) is 12.6 Å². The Hall–Kier alpha value is -2.82. The Morgan fingerprint density at radius 1 is 1.14 bits per heavy atom. The monoisotopic (exact) mass is 295 g/mol. The fourth-order valence-corrected chi connectivity index (χ4v) is 2.30. The zero-order chi connectivity index (χ0) is 15.4. The molecular formula is C17H17N3O2. The van der Waals surface area contributed by atoms with E-state index in [0.717, 1.165) is 22.2 Å². The normalized spacial score (nSPS) is 12.0. The van der Waals surface area contributed by atoms with Crippen LogP contribution < -0.4 is 10.6 Å². The molecule has 2 aromatic carbocycles. The summed E-state index contributed by atoms with van der Waals surface area (Å²) in [6, 6.07) is 17.1. The van der Waals surface area contributed by atoms with Gasteiger partial charge < -0.3 is 15.2 Å². The van der Waals surface area contributed by atoms with E-state index in [1.807, 2.05) is 61.5 Å². The molecule has 0 bridgehead atoms. The summed E-state index contributed by atoms with van der Waals surface area (Å²) in [6.07, 6.45) is 0. The van der Waals surface area contributed by atoms with Crippen LogP contribution in [0.25, 0.3) is 11.0 Å². The van der Waals surface area contributed by atoms with Gasteiger partial charge in [-0.1, -0.05) is 47.6 Å². The first-order chi connectivity index (χ1) is 10.7. The summed E-state index contributed by atoms with van der Waals surface area (Å²) in [5, 5.41) is 10.6. The van der Waals surface area contributed by atoms with Crippen LogP contribution in [0.1, 0.15) is 24.2 Å². The number of aromatic nitrogens is 1. The Kier molecular flexibility index (Phi) is 4.05. The fourth-order valence-electron chi connectivity index (χ4n) is 2.30. The fraction of sp³-hybridized carbons (Fsp3) is 0.176. The van der Waals surface area contributed by atoms with Gasteiger partial charge in [0.15, 0.2) is 5.58 Å². The lowest BCUT2D eigenvalue weighted by molar-refractivity contribution is 0.237. The summed E-state index contributed by atoms with van der Waals surface area (Å²) in [6.45, 7) is 2.27. The van der Waals surface area contributed by atoms with E-state index in [0.29, 0.717) is 6.54 Å². The highest BCUT2D eigenvalue weighted by molar-refractivity contribution is 5.80. The van der Waals surface area contributed by atoms with E-state index in [1.165, 1.54) is 0 Å².